The summed E-state index contributed by atoms with van der Waals surface area (Å²) in [6, 6.07) is 12.1. The molecule has 1 aliphatic heterocycles. The van der Waals surface area contributed by atoms with Crippen molar-refractivity contribution < 1.29 is 5.11 Å². The summed E-state index contributed by atoms with van der Waals surface area (Å²) in [5.74, 6) is 0.971. The maximum Gasteiger partial charge on any atom is 0.278 e. The van der Waals surface area contributed by atoms with Crippen molar-refractivity contribution in [3.63, 3.8) is 0 Å². The molecule has 0 amide bonds. The minimum absolute atomic E-state index is 0.101. The number of likely N-dealkylation sites (N-methyl/N-ethyl adjacent to an activating group) is 1. The molecule has 3 aliphatic rings. The molecule has 1 saturated carbocycles. The van der Waals surface area contributed by atoms with E-state index in [-0.39, 0.29) is 17.0 Å². The Kier molecular flexibility index (Phi) is 5.59. The van der Waals surface area contributed by atoms with Crippen LogP contribution < -0.4 is 15.8 Å². The van der Waals surface area contributed by atoms with Gasteiger partial charge in [-0.05, 0) is 83.0 Å². The molecule has 7 rings (SSSR count). The number of aliphatic hydroxyl groups is 1. The monoisotopic (exact) mass is 540 g/mol. The molecule has 1 spiro atoms. The van der Waals surface area contributed by atoms with E-state index in [4.69, 9.17) is 9.97 Å². The van der Waals surface area contributed by atoms with E-state index >= 15 is 0 Å². The smallest absolute Gasteiger partial charge is 0.278 e. The molecule has 0 radical (unpaired) electrons. The molecule has 3 aromatic heterocycles. The zero-order valence-corrected chi connectivity index (χ0v) is 23.6. The maximum atomic E-state index is 13.5. The van der Waals surface area contributed by atoms with Crippen molar-refractivity contribution in [3.8, 4) is 5.82 Å². The van der Waals surface area contributed by atoms with Crippen molar-refractivity contribution in [2.75, 3.05) is 43.4 Å². The largest absolute Gasteiger partial charge is 0.383 e. The normalized spacial score (nSPS) is 21.9. The lowest BCUT2D eigenvalue weighted by Crippen LogP contribution is -2.44. The quantitative estimate of drug-likeness (QED) is 0.396. The lowest BCUT2D eigenvalue weighted by atomic mass is 9.88. The van der Waals surface area contributed by atoms with Gasteiger partial charge in [-0.1, -0.05) is 6.07 Å². The fourth-order valence-electron chi connectivity index (χ4n) is 6.46. The van der Waals surface area contributed by atoms with Gasteiger partial charge in [0.05, 0.1) is 5.69 Å². The number of aromatic nitrogens is 5. The SMILES string of the molecule is CC(C)n1c(=O)c2cnc(Nc3ccc(N4CCN(C)CC4)cc3)nc2n1-c1ccc2c(n1)C(C)(O)C1(CC1)C2. The van der Waals surface area contributed by atoms with Crippen LogP contribution in [0.25, 0.3) is 16.9 Å². The Morgan fingerprint density at radius 2 is 1.73 bits per heavy atom. The van der Waals surface area contributed by atoms with Gasteiger partial charge < -0.3 is 20.2 Å². The summed E-state index contributed by atoms with van der Waals surface area (Å²) in [6.07, 6.45) is 4.44. The van der Waals surface area contributed by atoms with Crippen molar-refractivity contribution >= 4 is 28.4 Å². The number of hydrogen-bond acceptors (Lipinski definition) is 8. The summed E-state index contributed by atoms with van der Waals surface area (Å²) in [6.45, 7) is 9.96. The van der Waals surface area contributed by atoms with E-state index in [0.29, 0.717) is 28.5 Å². The molecule has 0 bridgehead atoms. The predicted molar refractivity (Wildman–Crippen MR) is 156 cm³/mol. The second kappa shape index (κ2) is 8.87. The van der Waals surface area contributed by atoms with Gasteiger partial charge >= 0.3 is 0 Å². The van der Waals surface area contributed by atoms with Crippen LogP contribution in [0.1, 0.15) is 50.9 Å². The van der Waals surface area contributed by atoms with Crippen LogP contribution >= 0.6 is 0 Å². The minimum atomic E-state index is -0.984. The molecule has 10 nitrogen and oxygen atoms in total. The number of pyridine rings is 1. The zero-order valence-electron chi connectivity index (χ0n) is 23.6. The van der Waals surface area contributed by atoms with Crippen LogP contribution in [0.4, 0.5) is 17.3 Å². The third kappa shape index (κ3) is 3.84. The lowest BCUT2D eigenvalue weighted by Gasteiger charge is -2.34. The molecule has 208 valence electrons. The van der Waals surface area contributed by atoms with Crippen LogP contribution in [0.5, 0.6) is 0 Å². The van der Waals surface area contributed by atoms with E-state index in [0.717, 1.165) is 56.7 Å². The lowest BCUT2D eigenvalue weighted by molar-refractivity contribution is -0.0102. The first-order valence-electron chi connectivity index (χ1n) is 14.2. The molecule has 40 heavy (non-hydrogen) atoms. The van der Waals surface area contributed by atoms with Crippen LogP contribution in [-0.2, 0) is 12.0 Å². The number of nitrogens with zero attached hydrogens (tertiary/aromatic N) is 7. The highest BCUT2D eigenvalue weighted by Crippen LogP contribution is 2.64. The first kappa shape index (κ1) is 25.2. The molecule has 1 saturated heterocycles. The second-order valence-corrected chi connectivity index (χ2v) is 12.2. The summed E-state index contributed by atoms with van der Waals surface area (Å²) >= 11 is 0. The Bertz CT molecular complexity index is 1660. The van der Waals surface area contributed by atoms with Crippen LogP contribution in [-0.4, -0.2) is 67.5 Å². The zero-order chi connectivity index (χ0) is 27.8. The third-order valence-electron chi connectivity index (χ3n) is 9.16. The first-order chi connectivity index (χ1) is 19.2. The van der Waals surface area contributed by atoms with E-state index in [1.807, 2.05) is 45.0 Å². The van der Waals surface area contributed by atoms with Gasteiger partial charge in [0.25, 0.3) is 5.56 Å². The van der Waals surface area contributed by atoms with E-state index < -0.39 is 5.60 Å². The summed E-state index contributed by atoms with van der Waals surface area (Å²) in [5.41, 5.74) is 3.09. The maximum absolute atomic E-state index is 13.5. The van der Waals surface area contributed by atoms with Gasteiger partial charge in [0.1, 0.15) is 11.0 Å². The molecule has 4 heterocycles. The molecular weight excluding hydrogens is 504 g/mol. The summed E-state index contributed by atoms with van der Waals surface area (Å²) in [7, 11) is 2.16. The molecule has 1 unspecified atom stereocenters. The molecule has 1 atom stereocenters. The van der Waals surface area contributed by atoms with Crippen molar-refractivity contribution in [2.45, 2.75) is 51.7 Å². The molecule has 2 aliphatic carbocycles. The van der Waals surface area contributed by atoms with E-state index in [2.05, 4.69) is 39.3 Å². The number of rotatable bonds is 5. The van der Waals surface area contributed by atoms with Crippen LogP contribution in [0, 0.1) is 5.41 Å². The summed E-state index contributed by atoms with van der Waals surface area (Å²) < 4.78 is 3.44. The average molecular weight is 541 g/mol. The number of fused-ring (bicyclic) bond motifs is 2. The third-order valence-corrected chi connectivity index (χ3v) is 9.16. The molecular formula is C30H36N8O2. The average Bonchev–Trinajstić information content (AvgIpc) is 3.62. The van der Waals surface area contributed by atoms with Gasteiger partial charge in [-0.3, -0.25) is 4.79 Å². The van der Waals surface area contributed by atoms with E-state index in [1.54, 1.807) is 15.6 Å². The number of nitrogens with one attached hydrogen (secondary N) is 1. The van der Waals surface area contributed by atoms with Gasteiger partial charge in [0.15, 0.2) is 11.5 Å². The van der Waals surface area contributed by atoms with Crippen LogP contribution in [0.2, 0.25) is 0 Å². The number of hydrogen-bond donors (Lipinski definition) is 2. The first-order valence-corrected chi connectivity index (χ1v) is 14.2. The van der Waals surface area contributed by atoms with Crippen LogP contribution in [0.15, 0.2) is 47.4 Å². The fourth-order valence-corrected chi connectivity index (χ4v) is 6.46. The Morgan fingerprint density at radius 1 is 1.00 bits per heavy atom. The Hall–Kier alpha value is -3.76. The van der Waals surface area contributed by atoms with Crippen molar-refractivity contribution in [1.82, 2.24) is 29.2 Å². The molecule has 10 heteroatoms. The molecule has 1 aromatic carbocycles. The van der Waals surface area contributed by atoms with Gasteiger partial charge in [-0.15, -0.1) is 0 Å². The van der Waals surface area contributed by atoms with Crippen LogP contribution in [0.3, 0.4) is 0 Å². The predicted octanol–water partition coefficient (Wildman–Crippen LogP) is 3.60. The Labute approximate surface area is 233 Å². The fraction of sp³-hybridized carbons (Fsp3) is 0.467. The van der Waals surface area contributed by atoms with E-state index in [9.17, 15) is 9.90 Å². The van der Waals surface area contributed by atoms with Crippen molar-refractivity contribution in [3.05, 3.63) is 64.2 Å². The standard InChI is InChI=1S/C30H36N8O2/c1-19(2)37-27(39)23-18-31-28(32-21-6-8-22(9-7-21)36-15-13-35(4)14-16-36)34-26(23)38(37)24-10-5-20-17-30(11-12-30)29(3,40)25(20)33-24/h5-10,18-19,40H,11-17H2,1-4H3,(H,31,32,34). The summed E-state index contributed by atoms with van der Waals surface area (Å²) in [4.78, 5) is 32.4. The van der Waals surface area contributed by atoms with Gasteiger partial charge in [-0.2, -0.15) is 4.98 Å². The molecule has 2 N–H and O–H groups in total. The van der Waals surface area contributed by atoms with E-state index in [1.165, 1.54) is 5.69 Å². The molecule has 4 aromatic rings. The number of anilines is 3. The topological polar surface area (TPSA) is 104 Å². The summed E-state index contributed by atoms with van der Waals surface area (Å²) in [5, 5.41) is 15.2. The highest BCUT2D eigenvalue weighted by atomic mass is 16.3. The Balaban J connectivity index is 1.25. The van der Waals surface area contributed by atoms with Crippen molar-refractivity contribution in [2.24, 2.45) is 5.41 Å². The Morgan fingerprint density at radius 3 is 2.40 bits per heavy atom. The van der Waals surface area contributed by atoms with Crippen molar-refractivity contribution in [1.29, 1.82) is 0 Å². The highest BCUT2D eigenvalue weighted by Gasteiger charge is 2.62. The minimum Gasteiger partial charge on any atom is -0.383 e. The second-order valence-electron chi connectivity index (χ2n) is 12.2. The number of benzene rings is 1. The van der Waals surface area contributed by atoms with Gasteiger partial charge in [-0.25, -0.2) is 19.3 Å². The molecule has 2 fully saturated rings. The van der Waals surface area contributed by atoms with Gasteiger partial charge in [0, 0.05) is 55.2 Å². The number of piperazine rings is 1. The van der Waals surface area contributed by atoms with Gasteiger partial charge in [0.2, 0.25) is 5.95 Å². The highest BCUT2D eigenvalue weighted by molar-refractivity contribution is 5.77.